The molecule has 6 nitrogen and oxygen atoms in total. The zero-order valence-electron chi connectivity index (χ0n) is 11.5. The van der Waals surface area contributed by atoms with Crippen molar-refractivity contribution < 1.29 is 14.7 Å². The molecule has 1 heterocycles. The molecule has 2 amide bonds. The molecule has 1 aromatic heterocycles. The van der Waals surface area contributed by atoms with Crippen LogP contribution in [0.5, 0.6) is 0 Å². The van der Waals surface area contributed by atoms with Crippen LogP contribution < -0.4 is 10.6 Å². The lowest BCUT2D eigenvalue weighted by molar-refractivity contribution is 0.0692. The number of hydrogen-bond donors (Lipinski definition) is 4. The average molecular weight is 352 g/mol. The van der Waals surface area contributed by atoms with Crippen LogP contribution >= 0.6 is 15.9 Å². The van der Waals surface area contributed by atoms with E-state index in [9.17, 15) is 9.59 Å². The third kappa shape index (κ3) is 3.63. The number of carbonyl (C=O) groups excluding carboxylic acids is 1. The van der Waals surface area contributed by atoms with Crippen molar-refractivity contribution >= 4 is 39.3 Å². The third-order valence-electron chi connectivity index (χ3n) is 2.78. The van der Waals surface area contributed by atoms with Crippen LogP contribution in [0.1, 0.15) is 21.7 Å². The van der Waals surface area contributed by atoms with Crippen molar-refractivity contribution in [3.8, 4) is 0 Å². The molecule has 7 heteroatoms. The highest BCUT2D eigenvalue weighted by atomic mass is 79.9. The number of aromatic nitrogens is 1. The number of hydrogen-bond acceptors (Lipinski definition) is 2. The number of halogens is 1. The quantitative estimate of drug-likeness (QED) is 0.678. The number of carboxylic acids is 1. The monoisotopic (exact) mass is 351 g/mol. The molecule has 0 fully saturated rings. The van der Waals surface area contributed by atoms with Gasteiger partial charge in [-0.15, -0.1) is 0 Å². The van der Waals surface area contributed by atoms with Gasteiger partial charge in [-0.25, -0.2) is 9.59 Å². The second-order valence-electron chi connectivity index (χ2n) is 4.61. The molecule has 0 unspecified atom stereocenters. The van der Waals surface area contributed by atoms with Crippen LogP contribution in [0.4, 0.5) is 16.2 Å². The van der Waals surface area contributed by atoms with Gasteiger partial charge < -0.3 is 20.7 Å². The summed E-state index contributed by atoms with van der Waals surface area (Å²) in [5.41, 5.74) is 2.43. The van der Waals surface area contributed by atoms with Gasteiger partial charge in [0.2, 0.25) is 0 Å². The molecular formula is C14H14BrN3O3. The number of aromatic carboxylic acids is 1. The minimum Gasteiger partial charge on any atom is -0.477 e. The SMILES string of the molecule is Cc1ccc(Br)c(NC(=O)Nc2cc(C)[nH]c2C(=O)O)c1. The molecule has 110 valence electrons. The lowest BCUT2D eigenvalue weighted by atomic mass is 10.2. The molecule has 0 aliphatic carbocycles. The lowest BCUT2D eigenvalue weighted by Crippen LogP contribution is -2.20. The van der Waals surface area contributed by atoms with E-state index in [2.05, 4.69) is 31.5 Å². The smallest absolute Gasteiger partial charge is 0.354 e. The Bertz CT molecular complexity index is 709. The molecule has 0 spiro atoms. The van der Waals surface area contributed by atoms with E-state index in [1.54, 1.807) is 13.0 Å². The van der Waals surface area contributed by atoms with Crippen LogP contribution in [0, 0.1) is 13.8 Å². The predicted octanol–water partition coefficient (Wildman–Crippen LogP) is 3.74. The van der Waals surface area contributed by atoms with Gasteiger partial charge in [0.05, 0.1) is 11.4 Å². The van der Waals surface area contributed by atoms with Gasteiger partial charge in [0.15, 0.2) is 0 Å². The van der Waals surface area contributed by atoms with Gasteiger partial charge >= 0.3 is 12.0 Å². The van der Waals surface area contributed by atoms with Crippen molar-refractivity contribution in [3.63, 3.8) is 0 Å². The van der Waals surface area contributed by atoms with Gasteiger partial charge in [0.25, 0.3) is 0 Å². The molecule has 0 saturated carbocycles. The topological polar surface area (TPSA) is 94.2 Å². The molecule has 0 bridgehead atoms. The molecule has 4 N–H and O–H groups in total. The maximum atomic E-state index is 12.0. The maximum absolute atomic E-state index is 12.0. The van der Waals surface area contributed by atoms with Gasteiger partial charge in [-0.1, -0.05) is 6.07 Å². The van der Waals surface area contributed by atoms with E-state index in [-0.39, 0.29) is 11.4 Å². The van der Waals surface area contributed by atoms with E-state index in [0.717, 1.165) is 10.0 Å². The maximum Gasteiger partial charge on any atom is 0.354 e. The molecule has 2 aromatic rings. The Kier molecular flexibility index (Phi) is 4.32. The fraction of sp³-hybridized carbons (Fsp3) is 0.143. The van der Waals surface area contributed by atoms with Crippen LogP contribution in [0.3, 0.4) is 0 Å². The first-order valence-corrected chi connectivity index (χ1v) is 6.93. The van der Waals surface area contributed by atoms with Crippen LogP contribution in [0.25, 0.3) is 0 Å². The standard InChI is InChI=1S/C14H14BrN3O3/c1-7-3-4-9(15)10(5-7)17-14(21)18-11-6-8(2)16-12(11)13(19)20/h3-6,16H,1-2H3,(H,19,20)(H2,17,18,21). The second-order valence-corrected chi connectivity index (χ2v) is 5.46. The molecule has 0 aliphatic rings. The fourth-order valence-corrected chi connectivity index (χ4v) is 2.21. The Balaban J connectivity index is 2.15. The summed E-state index contributed by atoms with van der Waals surface area (Å²) in [6, 6.07) is 6.60. The number of aryl methyl sites for hydroxylation is 2. The summed E-state index contributed by atoms with van der Waals surface area (Å²) in [5, 5.41) is 14.2. The molecule has 0 radical (unpaired) electrons. The van der Waals surface area contributed by atoms with E-state index in [1.807, 2.05) is 25.1 Å². The summed E-state index contributed by atoms with van der Waals surface area (Å²) in [6.07, 6.45) is 0. The first-order valence-electron chi connectivity index (χ1n) is 6.14. The minimum atomic E-state index is -1.13. The number of nitrogens with one attached hydrogen (secondary N) is 3. The fourth-order valence-electron chi connectivity index (χ4n) is 1.87. The van der Waals surface area contributed by atoms with Crippen molar-refractivity contribution in [3.05, 3.63) is 45.7 Å². The molecule has 0 atom stereocenters. The van der Waals surface area contributed by atoms with E-state index in [0.29, 0.717) is 11.4 Å². The highest BCUT2D eigenvalue weighted by Crippen LogP contribution is 2.24. The molecule has 2 rings (SSSR count). The number of aromatic amines is 1. The van der Waals surface area contributed by atoms with Crippen LogP contribution in [-0.2, 0) is 0 Å². The average Bonchev–Trinajstić information content (AvgIpc) is 2.75. The van der Waals surface area contributed by atoms with Crippen molar-refractivity contribution in [1.29, 1.82) is 0 Å². The lowest BCUT2D eigenvalue weighted by Gasteiger charge is -2.09. The van der Waals surface area contributed by atoms with E-state index in [4.69, 9.17) is 5.11 Å². The largest absolute Gasteiger partial charge is 0.477 e. The van der Waals surface area contributed by atoms with Gasteiger partial charge in [0, 0.05) is 10.2 Å². The van der Waals surface area contributed by atoms with Gasteiger partial charge in [-0.3, -0.25) is 0 Å². The van der Waals surface area contributed by atoms with Crippen LogP contribution in [-0.4, -0.2) is 22.1 Å². The normalized spacial score (nSPS) is 10.2. The van der Waals surface area contributed by atoms with Gasteiger partial charge in [0.1, 0.15) is 5.69 Å². The zero-order chi connectivity index (χ0) is 15.6. The number of H-pyrrole nitrogens is 1. The minimum absolute atomic E-state index is 0.0500. The summed E-state index contributed by atoms with van der Waals surface area (Å²) in [4.78, 5) is 25.7. The zero-order valence-corrected chi connectivity index (χ0v) is 13.0. The molecule has 21 heavy (non-hydrogen) atoms. The Morgan fingerprint density at radius 3 is 2.48 bits per heavy atom. The predicted molar refractivity (Wildman–Crippen MR) is 84.0 cm³/mol. The van der Waals surface area contributed by atoms with Crippen LogP contribution in [0.2, 0.25) is 0 Å². The molecular weight excluding hydrogens is 338 g/mol. The van der Waals surface area contributed by atoms with E-state index < -0.39 is 12.0 Å². The Morgan fingerprint density at radius 2 is 1.81 bits per heavy atom. The number of benzene rings is 1. The summed E-state index contributed by atoms with van der Waals surface area (Å²) < 4.78 is 0.743. The number of carbonyl (C=O) groups is 2. The van der Waals surface area contributed by atoms with Crippen LogP contribution in [0.15, 0.2) is 28.7 Å². The van der Waals surface area contributed by atoms with Gasteiger partial charge in [-0.2, -0.15) is 0 Å². The highest BCUT2D eigenvalue weighted by Gasteiger charge is 2.15. The highest BCUT2D eigenvalue weighted by molar-refractivity contribution is 9.10. The first kappa shape index (κ1) is 15.1. The number of carboxylic acid groups (broad SMARTS) is 1. The van der Waals surface area contributed by atoms with Crippen molar-refractivity contribution in [2.45, 2.75) is 13.8 Å². The molecule has 0 saturated heterocycles. The Morgan fingerprint density at radius 1 is 1.14 bits per heavy atom. The Labute approximate surface area is 129 Å². The molecule has 1 aromatic carbocycles. The number of anilines is 2. The third-order valence-corrected chi connectivity index (χ3v) is 3.48. The number of urea groups is 1. The summed E-state index contributed by atoms with van der Waals surface area (Å²) in [6.45, 7) is 3.63. The van der Waals surface area contributed by atoms with E-state index in [1.165, 1.54) is 0 Å². The first-order chi connectivity index (χ1) is 9.86. The van der Waals surface area contributed by atoms with Crippen molar-refractivity contribution in [2.24, 2.45) is 0 Å². The number of amides is 2. The summed E-state index contributed by atoms with van der Waals surface area (Å²) in [5.74, 6) is -1.13. The van der Waals surface area contributed by atoms with Crippen molar-refractivity contribution in [2.75, 3.05) is 10.6 Å². The molecule has 0 aliphatic heterocycles. The second kappa shape index (κ2) is 6.01. The Hall–Kier alpha value is -2.28. The summed E-state index contributed by atoms with van der Waals surface area (Å²) >= 11 is 3.34. The summed E-state index contributed by atoms with van der Waals surface area (Å²) in [7, 11) is 0. The number of rotatable bonds is 3. The van der Waals surface area contributed by atoms with E-state index >= 15 is 0 Å². The van der Waals surface area contributed by atoms with Gasteiger partial charge in [-0.05, 0) is 53.5 Å². The van der Waals surface area contributed by atoms with Crippen molar-refractivity contribution in [1.82, 2.24) is 4.98 Å².